The lowest BCUT2D eigenvalue weighted by Crippen LogP contribution is -2.60. The first-order valence-corrected chi connectivity index (χ1v) is 11.5. The Bertz CT molecular complexity index is 952. The maximum Gasteiger partial charge on any atom is 0.186 e. The third-order valence-corrected chi connectivity index (χ3v) is 5.82. The summed E-state index contributed by atoms with van der Waals surface area (Å²) in [5.41, 5.74) is 3.08. The van der Waals surface area contributed by atoms with Crippen molar-refractivity contribution in [3.8, 4) is 0 Å². The molecule has 180 valence electrons. The van der Waals surface area contributed by atoms with Crippen LogP contribution >= 0.6 is 0 Å². The minimum Gasteiger partial charge on any atom is -0.387 e. The number of aliphatic hydroxyl groups is 1. The molecule has 0 aliphatic carbocycles. The van der Waals surface area contributed by atoms with E-state index in [4.69, 9.17) is 23.7 Å². The highest BCUT2D eigenvalue weighted by Gasteiger charge is 2.47. The lowest BCUT2D eigenvalue weighted by molar-refractivity contribution is -0.315. The molecule has 0 unspecified atom stereocenters. The van der Waals surface area contributed by atoms with Crippen molar-refractivity contribution in [1.29, 1.82) is 0 Å². The van der Waals surface area contributed by atoms with E-state index in [2.05, 4.69) is 0 Å². The van der Waals surface area contributed by atoms with E-state index in [1.54, 1.807) is 7.11 Å². The van der Waals surface area contributed by atoms with E-state index in [1.807, 2.05) is 91.0 Å². The second kappa shape index (κ2) is 12.8. The van der Waals surface area contributed by atoms with Gasteiger partial charge in [0.05, 0.1) is 26.4 Å². The highest BCUT2D eigenvalue weighted by atomic mass is 16.7. The van der Waals surface area contributed by atoms with Crippen LogP contribution in [0.2, 0.25) is 0 Å². The molecule has 34 heavy (non-hydrogen) atoms. The van der Waals surface area contributed by atoms with Gasteiger partial charge in [-0.3, -0.25) is 0 Å². The molecule has 0 radical (unpaired) electrons. The Balaban J connectivity index is 1.44. The second-order valence-electron chi connectivity index (χ2n) is 8.29. The normalized spacial score (nSPS) is 24.7. The zero-order chi connectivity index (χ0) is 23.6. The lowest BCUT2D eigenvalue weighted by Gasteiger charge is -2.43. The third-order valence-electron chi connectivity index (χ3n) is 5.82. The maximum absolute atomic E-state index is 11.2. The van der Waals surface area contributed by atoms with Gasteiger partial charge in [0.1, 0.15) is 24.4 Å². The van der Waals surface area contributed by atoms with Crippen molar-refractivity contribution >= 4 is 0 Å². The van der Waals surface area contributed by atoms with Crippen molar-refractivity contribution in [3.63, 3.8) is 0 Å². The summed E-state index contributed by atoms with van der Waals surface area (Å²) < 4.78 is 30.0. The van der Waals surface area contributed by atoms with Crippen LogP contribution in [-0.4, -0.2) is 49.5 Å². The molecule has 1 N–H and O–H groups in total. The van der Waals surface area contributed by atoms with Crippen LogP contribution in [0.15, 0.2) is 91.0 Å². The standard InChI is InChI=1S/C28H32O6/c1-30-28-27(33-19-23-15-9-4-10-16-23)26(32-18-22-13-7-3-8-14-22)25(29)24(34-28)20-31-17-21-11-5-2-6-12-21/h2-16,24-29H,17-20H2,1H3/t24-,25-,26+,27+,28+/m1/s1. The summed E-state index contributed by atoms with van der Waals surface area (Å²) >= 11 is 0. The van der Waals surface area contributed by atoms with Gasteiger partial charge in [0.15, 0.2) is 6.29 Å². The molecule has 3 aromatic carbocycles. The van der Waals surface area contributed by atoms with Gasteiger partial charge in [0.2, 0.25) is 0 Å². The largest absolute Gasteiger partial charge is 0.387 e. The predicted molar refractivity (Wildman–Crippen MR) is 128 cm³/mol. The molecular formula is C28H32O6. The smallest absolute Gasteiger partial charge is 0.186 e. The molecule has 3 aromatic rings. The van der Waals surface area contributed by atoms with E-state index in [0.717, 1.165) is 16.7 Å². The first kappa shape index (κ1) is 24.5. The Morgan fingerprint density at radius 3 is 1.65 bits per heavy atom. The average Bonchev–Trinajstić information content (AvgIpc) is 2.89. The minimum atomic E-state index is -0.952. The molecule has 4 rings (SSSR count). The van der Waals surface area contributed by atoms with Crippen molar-refractivity contribution in [2.75, 3.05) is 13.7 Å². The molecular weight excluding hydrogens is 432 g/mol. The summed E-state index contributed by atoms with van der Waals surface area (Å²) in [6.45, 7) is 1.31. The molecule has 5 atom stereocenters. The number of aliphatic hydroxyl groups excluding tert-OH is 1. The second-order valence-corrected chi connectivity index (χ2v) is 8.29. The van der Waals surface area contributed by atoms with Crippen LogP contribution < -0.4 is 0 Å². The van der Waals surface area contributed by atoms with Crippen molar-refractivity contribution in [3.05, 3.63) is 108 Å². The summed E-state index contributed by atoms with van der Waals surface area (Å²) in [5.74, 6) is 0. The molecule has 1 heterocycles. The zero-order valence-corrected chi connectivity index (χ0v) is 19.4. The summed E-state index contributed by atoms with van der Waals surface area (Å²) in [7, 11) is 1.57. The summed E-state index contributed by atoms with van der Waals surface area (Å²) in [6.07, 6.45) is -3.56. The van der Waals surface area contributed by atoms with Crippen LogP contribution in [-0.2, 0) is 43.5 Å². The van der Waals surface area contributed by atoms with Gasteiger partial charge < -0.3 is 28.8 Å². The van der Waals surface area contributed by atoms with Crippen LogP contribution in [0.1, 0.15) is 16.7 Å². The quantitative estimate of drug-likeness (QED) is 0.461. The first-order chi connectivity index (χ1) is 16.7. The number of hydrogen-bond acceptors (Lipinski definition) is 6. The van der Waals surface area contributed by atoms with E-state index in [-0.39, 0.29) is 6.61 Å². The minimum absolute atomic E-state index is 0.201. The molecule has 0 aromatic heterocycles. The van der Waals surface area contributed by atoms with E-state index in [9.17, 15) is 5.11 Å². The molecule has 0 spiro atoms. The van der Waals surface area contributed by atoms with E-state index >= 15 is 0 Å². The third kappa shape index (κ3) is 6.73. The van der Waals surface area contributed by atoms with E-state index in [0.29, 0.717) is 19.8 Å². The van der Waals surface area contributed by atoms with Gasteiger partial charge in [0, 0.05) is 7.11 Å². The van der Waals surface area contributed by atoms with Gasteiger partial charge in [-0.2, -0.15) is 0 Å². The fourth-order valence-corrected chi connectivity index (χ4v) is 3.99. The number of benzene rings is 3. The highest BCUT2D eigenvalue weighted by molar-refractivity contribution is 5.15. The number of hydrogen-bond donors (Lipinski definition) is 1. The fourth-order valence-electron chi connectivity index (χ4n) is 3.99. The number of rotatable bonds is 11. The summed E-state index contributed by atoms with van der Waals surface area (Å²) in [4.78, 5) is 0. The number of methoxy groups -OCH3 is 1. The molecule has 0 amide bonds. The molecule has 1 aliphatic rings. The first-order valence-electron chi connectivity index (χ1n) is 11.5. The monoisotopic (exact) mass is 464 g/mol. The molecule has 6 heteroatoms. The fraction of sp³-hybridized carbons (Fsp3) is 0.357. The summed E-state index contributed by atoms with van der Waals surface area (Å²) in [6, 6.07) is 29.6. The van der Waals surface area contributed by atoms with Crippen LogP contribution in [0.25, 0.3) is 0 Å². The van der Waals surface area contributed by atoms with Gasteiger partial charge in [-0.15, -0.1) is 0 Å². The zero-order valence-electron chi connectivity index (χ0n) is 19.4. The van der Waals surface area contributed by atoms with Gasteiger partial charge in [0.25, 0.3) is 0 Å². The van der Waals surface area contributed by atoms with E-state index in [1.165, 1.54) is 0 Å². The molecule has 1 saturated heterocycles. The van der Waals surface area contributed by atoms with Crippen molar-refractivity contribution in [2.45, 2.75) is 50.5 Å². The van der Waals surface area contributed by atoms with Crippen molar-refractivity contribution in [1.82, 2.24) is 0 Å². The molecule has 1 aliphatic heterocycles. The van der Waals surface area contributed by atoms with Crippen LogP contribution in [0.3, 0.4) is 0 Å². The maximum atomic E-state index is 11.2. The highest BCUT2D eigenvalue weighted by Crippen LogP contribution is 2.28. The molecule has 1 fully saturated rings. The Morgan fingerprint density at radius 1 is 0.676 bits per heavy atom. The van der Waals surface area contributed by atoms with Gasteiger partial charge in [-0.25, -0.2) is 0 Å². The molecule has 0 saturated carbocycles. The summed E-state index contributed by atoms with van der Waals surface area (Å²) in [5, 5.41) is 11.2. The van der Waals surface area contributed by atoms with Gasteiger partial charge in [-0.1, -0.05) is 91.0 Å². The van der Waals surface area contributed by atoms with Crippen molar-refractivity contribution < 1.29 is 28.8 Å². The van der Waals surface area contributed by atoms with Crippen LogP contribution in [0.4, 0.5) is 0 Å². The molecule has 0 bridgehead atoms. The van der Waals surface area contributed by atoms with Crippen LogP contribution in [0.5, 0.6) is 0 Å². The Morgan fingerprint density at radius 2 is 1.15 bits per heavy atom. The van der Waals surface area contributed by atoms with Gasteiger partial charge >= 0.3 is 0 Å². The SMILES string of the molecule is CO[C@H]1O[C@H](COCc2ccccc2)[C@@H](O)[C@H](OCc2ccccc2)[C@@H]1OCc1ccccc1. The predicted octanol–water partition coefficient (Wildman–Crippen LogP) is 4.11. The Labute approximate surface area is 201 Å². The van der Waals surface area contributed by atoms with Crippen LogP contribution in [0, 0.1) is 0 Å². The topological polar surface area (TPSA) is 66.4 Å². The number of ether oxygens (including phenoxy) is 5. The Kier molecular flexibility index (Phi) is 9.21. The average molecular weight is 465 g/mol. The molecule has 6 nitrogen and oxygen atoms in total. The Hall–Kier alpha value is -2.58. The van der Waals surface area contributed by atoms with Crippen molar-refractivity contribution in [2.24, 2.45) is 0 Å². The van der Waals surface area contributed by atoms with Gasteiger partial charge in [-0.05, 0) is 16.7 Å². The van der Waals surface area contributed by atoms with E-state index < -0.39 is 30.7 Å². The lowest BCUT2D eigenvalue weighted by atomic mass is 9.98.